The molecule has 100 heavy (non-hydrogen) atoms. The van der Waals surface area contributed by atoms with Gasteiger partial charge in [0.25, 0.3) is 0 Å². The largest absolute Gasteiger partial charge is 1.00 e. The molecule has 5 amide bonds. The van der Waals surface area contributed by atoms with Gasteiger partial charge in [0, 0.05) is 92.8 Å². The van der Waals surface area contributed by atoms with Crippen molar-refractivity contribution in [3.05, 3.63) is 26.0 Å². The Morgan fingerprint density at radius 1 is 0.550 bits per heavy atom. The zero-order valence-corrected chi connectivity index (χ0v) is 62.5. The number of carboxylic acid groups (broad SMARTS) is 1. The maximum Gasteiger partial charge on any atom is 1.00 e. The summed E-state index contributed by atoms with van der Waals surface area (Å²) >= 11 is 3.15. The molecule has 0 bridgehead atoms. The predicted octanol–water partition coefficient (Wildman–Crippen LogP) is -3.08. The van der Waals surface area contributed by atoms with Crippen molar-refractivity contribution in [3.63, 3.8) is 0 Å². The molecule has 5 rings (SSSR count). The molecule has 2 atom stereocenters. The SMILES string of the molecule is C.C.C.C.C.CCOC(=O)N1CCN(/[N+]([O-])=N/OC)CC1.CCOC(=O)N1CCN(/[N+]([O-])=N/[O-])CC1.CCOC(=O)N1CCNCC1.CO.CO/N=[N+](\[O-])N1CCN(OC(=O)C(CCSC)NC(C)=O)CC1.CO/N=[N+](\[O-])N1CCNCC1.CSCCC(NC(C)=O)C(=O)O.[2HH].[2H]C#C.[Na+].[Na+].[OH-]. The first-order valence-electron chi connectivity index (χ1n) is 29.2. The summed E-state index contributed by atoms with van der Waals surface area (Å²) in [6.07, 6.45) is 9.63. The first-order valence-corrected chi connectivity index (χ1v) is 31.5. The van der Waals surface area contributed by atoms with Crippen molar-refractivity contribution in [3.8, 4) is 12.8 Å². The molecule has 5 saturated heterocycles. The van der Waals surface area contributed by atoms with Gasteiger partial charge in [-0.05, 0) is 62.9 Å². The second kappa shape index (κ2) is 76.9. The van der Waals surface area contributed by atoms with Crippen molar-refractivity contribution in [1.29, 1.82) is 0 Å². The minimum atomic E-state index is -0.973. The summed E-state index contributed by atoms with van der Waals surface area (Å²) in [5.41, 5.74) is 0. The number of hydrogen-bond donors (Lipinski definition) is 6. The van der Waals surface area contributed by atoms with Crippen LogP contribution in [0.15, 0.2) is 21.1 Å². The number of aliphatic carboxylic acids is 1. The molecule has 582 valence electrons. The molecule has 0 radical (unpaired) electrons. The van der Waals surface area contributed by atoms with E-state index in [1.165, 1.54) is 66.6 Å². The number of hydrogen-bond acceptors (Lipinski definition) is 30. The van der Waals surface area contributed by atoms with E-state index in [4.69, 9.17) is 30.6 Å². The summed E-state index contributed by atoms with van der Waals surface area (Å²) in [4.78, 5) is 102. The van der Waals surface area contributed by atoms with Gasteiger partial charge in [0.05, 0.1) is 100 Å². The van der Waals surface area contributed by atoms with Gasteiger partial charge in [-0.15, -0.1) is 37.9 Å². The Bertz CT molecular complexity index is 2250. The molecule has 0 aromatic heterocycles. The third kappa shape index (κ3) is 56.4. The van der Waals surface area contributed by atoms with E-state index in [1.54, 1.807) is 52.2 Å². The van der Waals surface area contributed by atoms with Crippen LogP contribution in [0.5, 0.6) is 0 Å². The van der Waals surface area contributed by atoms with Crippen LogP contribution in [-0.4, -0.2) is 333 Å². The number of hydroxylamine groups is 2. The van der Waals surface area contributed by atoms with Crippen molar-refractivity contribution < 1.29 is 165 Å². The maximum atomic E-state index is 12.2. The van der Waals surface area contributed by atoms with Crippen LogP contribution >= 0.6 is 23.5 Å². The molecule has 5 aliphatic heterocycles. The Labute approximate surface area is 646 Å². The molecule has 0 aliphatic carbocycles. The number of carbonyl (C=O) groups excluding carboxylic acids is 6. The smallest absolute Gasteiger partial charge is 0.870 e. The van der Waals surface area contributed by atoms with E-state index in [0.29, 0.717) is 126 Å². The summed E-state index contributed by atoms with van der Waals surface area (Å²) in [5.74, 6) is -0.582. The summed E-state index contributed by atoms with van der Waals surface area (Å²) in [6.45, 7) is 19.8. The molecule has 0 aromatic rings. The Morgan fingerprint density at radius 2 is 0.830 bits per heavy atom. The van der Waals surface area contributed by atoms with E-state index < -0.39 is 30.1 Å². The zero-order valence-electron chi connectivity index (χ0n) is 57.9. The number of ether oxygens (including phenoxy) is 3. The number of piperazine rings is 5. The van der Waals surface area contributed by atoms with E-state index >= 15 is 0 Å². The van der Waals surface area contributed by atoms with E-state index in [-0.39, 0.29) is 145 Å². The molecule has 5 heterocycles. The second-order valence-corrected chi connectivity index (χ2v) is 20.0. The fourth-order valence-electron chi connectivity index (χ4n) is 7.43. The molecule has 5 fully saturated rings. The van der Waals surface area contributed by atoms with Gasteiger partial charge in [0.15, 0.2) is 0 Å². The standard InChI is InChI=1S/C12H23N5O5S.C8H16N4O4.C7H14N4O4.C7H14N2O2.C7H13NO3S.C5H12N4O2.C2H2.CH4O.5CH4.2Na.H2O.H2/c1-10(18)13-11(4-9-23-3)12(19)22-16-7-5-15(6-8-16)17(20)14-21-2;1-3-16-8(13)10-4-6-11(7-5-10)12(14)9-15-2;1-2-15-7(12)9-3-5-10(6-4-9)11(14)8-13;1-2-11-7(10)9-5-3-8-4-6-9;1-5(9)8-6(7(10)11)3-4-12-2;1-11-7-9(10)8-4-2-6-3-5-8;2*1-2;;;;;;;;;/h11H,4-9H2,1-3H3,(H,13,18);3-7H2,1-2H3;13H,2-6H2,1H3;8H,2-6H2,1H3;6H,3-4H2,1-2H3,(H,8,9)(H,10,11);6H,2-5H2,1H3;1-2H;2H,1H3;5*1H4;;;1H2;1H/q;;;;;;;;;;;;;2*+1;;/p-2/b17-14-;12-9-;11-8-;;;9-7-;;;;;;;;;;;/i;;;;;;1D;;;;;;;;;;1+1. The minimum absolute atomic E-state index is 0. The summed E-state index contributed by atoms with van der Waals surface area (Å²) in [7, 11) is 4.95. The molecular formula is C54H120N20Na2O22S2. The number of amides is 5. The Balaban J connectivity index is -0.0000000939. The number of nitrogens with one attached hydrogen (secondary N) is 4. The molecule has 7 N–H and O–H groups in total. The third-order valence-electron chi connectivity index (χ3n) is 11.8. The van der Waals surface area contributed by atoms with Gasteiger partial charge in [-0.3, -0.25) is 9.59 Å². The van der Waals surface area contributed by atoms with Crippen LogP contribution < -0.4 is 80.4 Å². The van der Waals surface area contributed by atoms with Gasteiger partial charge < -0.3 is 111 Å². The molecule has 0 aromatic carbocycles. The molecule has 46 heteroatoms. The van der Waals surface area contributed by atoms with Crippen molar-refractivity contribution in [2.45, 2.75) is 96.7 Å². The minimum Gasteiger partial charge on any atom is -0.870 e. The van der Waals surface area contributed by atoms with E-state index in [1.807, 2.05) is 19.4 Å². The number of carbonyl (C=O) groups is 7. The number of aliphatic hydroxyl groups is 1. The number of carboxylic acids is 1. The Hall–Kier alpha value is -6.25. The first kappa shape index (κ1) is 115. The number of aliphatic hydroxyl groups excluding tert-OH is 1. The van der Waals surface area contributed by atoms with Crippen molar-refractivity contribution in [2.75, 3.05) is 203 Å². The predicted molar refractivity (Wildman–Crippen MR) is 369 cm³/mol. The molecule has 5 aliphatic rings. The maximum absolute atomic E-state index is 12.2. The van der Waals surface area contributed by atoms with Crippen LogP contribution in [0.25, 0.3) is 0 Å². The van der Waals surface area contributed by atoms with Crippen LogP contribution in [0.3, 0.4) is 0 Å². The topological polar surface area (TPSA) is 505 Å². The second-order valence-electron chi connectivity index (χ2n) is 18.0. The Morgan fingerprint density at radius 3 is 1.12 bits per heavy atom. The third-order valence-corrected chi connectivity index (χ3v) is 13.1. The van der Waals surface area contributed by atoms with Crippen LogP contribution in [-0.2, 0) is 52.7 Å². The van der Waals surface area contributed by atoms with Crippen molar-refractivity contribution >= 4 is 65.6 Å². The van der Waals surface area contributed by atoms with Gasteiger partial charge in [0.1, 0.15) is 34.8 Å². The van der Waals surface area contributed by atoms with Crippen LogP contribution in [0, 0.1) is 38.9 Å². The quantitative estimate of drug-likeness (QED) is 0.0166. The zero-order chi connectivity index (χ0) is 70.9. The average Bonchev–Trinajstić information content (AvgIpc) is 0.890. The van der Waals surface area contributed by atoms with Crippen LogP contribution in [0.4, 0.5) is 14.4 Å². The average molecular weight is 1510 g/mol. The van der Waals surface area contributed by atoms with Gasteiger partial charge in [-0.25, -0.2) is 24.0 Å². The molecule has 42 nitrogen and oxygen atoms in total. The summed E-state index contributed by atoms with van der Waals surface area (Å²) < 4.78 is 20.2. The fourth-order valence-corrected chi connectivity index (χ4v) is 8.37. The van der Waals surface area contributed by atoms with Gasteiger partial charge in [-0.2, -0.15) is 23.5 Å². The van der Waals surface area contributed by atoms with Crippen LogP contribution in [0.2, 0.25) is 0 Å². The molecule has 0 spiro atoms. The van der Waals surface area contributed by atoms with Gasteiger partial charge in [-0.1, -0.05) is 37.1 Å². The number of rotatable bonds is 21. The normalized spacial score (nSPS) is 15.3. The van der Waals surface area contributed by atoms with E-state index in [0.717, 1.165) is 57.9 Å². The number of terminal acetylenes is 1. The van der Waals surface area contributed by atoms with Gasteiger partial charge >= 0.3 is 89.3 Å². The molecular weight excluding hydrogens is 1390 g/mol. The Kier molecular flexibility index (Phi) is 88.4. The van der Waals surface area contributed by atoms with Crippen molar-refractivity contribution in [1.82, 2.24) is 61.1 Å². The first-order chi connectivity index (χ1) is 44.5. The summed E-state index contributed by atoms with van der Waals surface area (Å²) in [5, 5.41) is 100. The number of thioether (sulfide) groups is 2. The molecule has 2 unspecified atom stereocenters. The fraction of sp³-hybridized carbons (Fsp3) is 0.833. The monoisotopic (exact) mass is 1510 g/mol. The van der Waals surface area contributed by atoms with Crippen molar-refractivity contribution in [2.24, 2.45) is 21.1 Å². The molecule has 0 saturated carbocycles. The van der Waals surface area contributed by atoms with Gasteiger partial charge in [0.2, 0.25) is 27.6 Å². The van der Waals surface area contributed by atoms with E-state index in [2.05, 4.69) is 63.3 Å². The number of hydrazine groups is 4. The number of nitrogens with zero attached hydrogens (tertiary/aromatic N) is 16. The van der Waals surface area contributed by atoms with Crippen LogP contribution in [0.1, 0.15) is 87.4 Å². The van der Waals surface area contributed by atoms with E-state index in [9.17, 15) is 59.6 Å². The summed E-state index contributed by atoms with van der Waals surface area (Å²) in [6, 6.07) is -1.41.